The fraction of sp³-hybridized carbons (Fsp3) is 0.294. The van der Waals surface area contributed by atoms with Crippen molar-refractivity contribution in [1.29, 1.82) is 0 Å². The maximum absolute atomic E-state index is 5.90. The molecule has 1 aliphatic rings. The number of rotatable bonds is 4. The van der Waals surface area contributed by atoms with E-state index in [1.54, 1.807) is 0 Å². The van der Waals surface area contributed by atoms with Gasteiger partial charge in [-0.05, 0) is 12.0 Å². The van der Waals surface area contributed by atoms with E-state index in [2.05, 4.69) is 6.07 Å². The second-order valence-electron chi connectivity index (χ2n) is 4.67. The van der Waals surface area contributed by atoms with Gasteiger partial charge in [-0.15, -0.1) is 6.07 Å². The fourth-order valence-corrected chi connectivity index (χ4v) is 2.15. The van der Waals surface area contributed by atoms with Crippen LogP contribution in [0.3, 0.4) is 0 Å². The Kier molecular flexibility index (Phi) is 6.35. The van der Waals surface area contributed by atoms with Crippen LogP contribution in [0.15, 0.2) is 48.5 Å². The maximum Gasteiger partial charge on any atom is 1.00 e. The van der Waals surface area contributed by atoms with Gasteiger partial charge in [0.25, 0.3) is 0 Å². The Morgan fingerprint density at radius 3 is 2.62 bits per heavy atom. The smallest absolute Gasteiger partial charge is 0.514 e. The molecule has 0 aromatic heterocycles. The molecule has 0 atom stereocenters. The molecular weight excluding hydrogens is 259 g/mol. The molecule has 3 rings (SSSR count). The Balaban J connectivity index is 0.00000161. The van der Waals surface area contributed by atoms with E-state index in [1.165, 1.54) is 0 Å². The van der Waals surface area contributed by atoms with Crippen molar-refractivity contribution in [2.24, 2.45) is 0 Å². The van der Waals surface area contributed by atoms with Gasteiger partial charge < -0.3 is 14.2 Å². The monoisotopic (exact) mass is 276 g/mol. The SMILES string of the molecule is [Li+].[c-]1ccc(OCc2ccccc2)c(C2OCCCO2)c1. The molecule has 0 spiro atoms. The second-order valence-corrected chi connectivity index (χ2v) is 4.67. The molecule has 0 amide bonds. The molecule has 0 N–H and O–H groups in total. The van der Waals surface area contributed by atoms with Crippen molar-refractivity contribution >= 4 is 0 Å². The quantitative estimate of drug-likeness (QED) is 0.601. The minimum Gasteiger partial charge on any atom is -0.514 e. The van der Waals surface area contributed by atoms with Crippen LogP contribution >= 0.6 is 0 Å². The van der Waals surface area contributed by atoms with Crippen molar-refractivity contribution in [3.8, 4) is 5.75 Å². The molecule has 3 nitrogen and oxygen atoms in total. The molecule has 0 unspecified atom stereocenters. The van der Waals surface area contributed by atoms with Crippen molar-refractivity contribution in [1.82, 2.24) is 0 Å². The Bertz CT molecular complexity index is 539. The zero-order chi connectivity index (χ0) is 13.6. The summed E-state index contributed by atoms with van der Waals surface area (Å²) in [6, 6.07) is 18.8. The summed E-state index contributed by atoms with van der Waals surface area (Å²) in [4.78, 5) is 0. The van der Waals surface area contributed by atoms with Crippen LogP contribution < -0.4 is 23.6 Å². The van der Waals surface area contributed by atoms with E-state index in [4.69, 9.17) is 14.2 Å². The summed E-state index contributed by atoms with van der Waals surface area (Å²) in [6.07, 6.45) is 0.597. The van der Waals surface area contributed by atoms with Gasteiger partial charge in [0.2, 0.25) is 0 Å². The van der Waals surface area contributed by atoms with Crippen molar-refractivity contribution in [2.75, 3.05) is 13.2 Å². The number of hydrogen-bond acceptors (Lipinski definition) is 3. The molecule has 1 aliphatic heterocycles. The number of benzene rings is 2. The third-order valence-electron chi connectivity index (χ3n) is 3.17. The first-order valence-corrected chi connectivity index (χ1v) is 6.83. The number of ether oxygens (including phenoxy) is 3. The summed E-state index contributed by atoms with van der Waals surface area (Å²) < 4.78 is 17.2. The summed E-state index contributed by atoms with van der Waals surface area (Å²) >= 11 is 0. The summed E-state index contributed by atoms with van der Waals surface area (Å²) in [6.45, 7) is 1.97. The molecule has 0 aliphatic carbocycles. The zero-order valence-corrected chi connectivity index (χ0v) is 12.2. The van der Waals surface area contributed by atoms with Crippen LogP contribution in [-0.4, -0.2) is 13.2 Å². The van der Waals surface area contributed by atoms with Gasteiger partial charge in [0.05, 0.1) is 13.2 Å². The first-order valence-electron chi connectivity index (χ1n) is 6.83. The van der Waals surface area contributed by atoms with Crippen molar-refractivity contribution in [3.05, 3.63) is 65.7 Å². The van der Waals surface area contributed by atoms with Gasteiger partial charge in [-0.25, -0.2) is 0 Å². The van der Waals surface area contributed by atoms with E-state index >= 15 is 0 Å². The third kappa shape index (κ3) is 4.36. The Labute approximate surface area is 137 Å². The van der Waals surface area contributed by atoms with Crippen LogP contribution in [0.5, 0.6) is 5.75 Å². The van der Waals surface area contributed by atoms with Crippen LogP contribution in [0.25, 0.3) is 0 Å². The maximum atomic E-state index is 5.90. The predicted molar refractivity (Wildman–Crippen MR) is 75.3 cm³/mol. The first kappa shape index (κ1) is 16.1. The molecule has 0 saturated carbocycles. The van der Waals surface area contributed by atoms with Crippen molar-refractivity contribution in [2.45, 2.75) is 19.3 Å². The third-order valence-corrected chi connectivity index (χ3v) is 3.17. The van der Waals surface area contributed by atoms with Crippen LogP contribution in [0.4, 0.5) is 0 Å². The van der Waals surface area contributed by atoms with Crippen LogP contribution in [0.1, 0.15) is 23.8 Å². The molecule has 0 bridgehead atoms. The van der Waals surface area contributed by atoms with Crippen molar-refractivity contribution < 1.29 is 33.1 Å². The Morgan fingerprint density at radius 1 is 1.10 bits per heavy atom. The molecule has 4 heteroatoms. The standard InChI is InChI=1S/C17H17O3.Li/c1-2-7-14(8-3-1)13-20-16-10-5-4-9-15(16)17-18-11-6-12-19-17;/h1-3,5,7-10,17H,6,11-13H2;/q-1;+1. The van der Waals surface area contributed by atoms with E-state index in [0.29, 0.717) is 6.61 Å². The van der Waals surface area contributed by atoms with Crippen LogP contribution in [0.2, 0.25) is 0 Å². The van der Waals surface area contributed by atoms with Gasteiger partial charge in [-0.2, -0.15) is 18.2 Å². The summed E-state index contributed by atoms with van der Waals surface area (Å²) in [7, 11) is 0. The van der Waals surface area contributed by atoms with Crippen LogP contribution in [0, 0.1) is 6.07 Å². The molecule has 21 heavy (non-hydrogen) atoms. The Morgan fingerprint density at radius 2 is 1.86 bits per heavy atom. The van der Waals surface area contributed by atoms with Gasteiger partial charge in [0.15, 0.2) is 0 Å². The normalized spacial score (nSPS) is 15.2. The number of hydrogen-bond donors (Lipinski definition) is 0. The molecule has 1 fully saturated rings. The molecular formula is C17H17LiO3. The molecule has 1 heterocycles. The first-order chi connectivity index (χ1) is 9.93. The fourth-order valence-electron chi connectivity index (χ4n) is 2.15. The van der Waals surface area contributed by atoms with E-state index in [-0.39, 0.29) is 25.2 Å². The largest absolute Gasteiger partial charge is 1.00 e. The van der Waals surface area contributed by atoms with Gasteiger partial charge in [0, 0.05) is 5.75 Å². The van der Waals surface area contributed by atoms with E-state index in [1.807, 2.05) is 48.5 Å². The Hall–Kier alpha value is -1.24. The molecule has 104 valence electrons. The summed E-state index contributed by atoms with van der Waals surface area (Å²) in [5.41, 5.74) is 2.04. The minimum atomic E-state index is -0.341. The van der Waals surface area contributed by atoms with Gasteiger partial charge in [0.1, 0.15) is 12.9 Å². The molecule has 2 aromatic carbocycles. The van der Waals surface area contributed by atoms with Gasteiger partial charge in [-0.3, -0.25) is 0 Å². The van der Waals surface area contributed by atoms with Crippen molar-refractivity contribution in [3.63, 3.8) is 0 Å². The molecule has 2 aromatic rings. The zero-order valence-electron chi connectivity index (χ0n) is 12.2. The van der Waals surface area contributed by atoms with E-state index in [0.717, 1.165) is 36.5 Å². The van der Waals surface area contributed by atoms with E-state index in [9.17, 15) is 0 Å². The summed E-state index contributed by atoms with van der Waals surface area (Å²) in [5.74, 6) is 0.791. The van der Waals surface area contributed by atoms with E-state index < -0.39 is 0 Å². The molecule has 1 saturated heterocycles. The average Bonchev–Trinajstić information content (AvgIpc) is 2.55. The summed E-state index contributed by atoms with van der Waals surface area (Å²) in [5, 5.41) is 0. The predicted octanol–water partition coefficient (Wildman–Crippen LogP) is 0.505. The average molecular weight is 276 g/mol. The van der Waals surface area contributed by atoms with Gasteiger partial charge >= 0.3 is 18.9 Å². The molecule has 0 radical (unpaired) electrons. The minimum absolute atomic E-state index is 0. The second kappa shape index (κ2) is 8.26. The topological polar surface area (TPSA) is 27.7 Å². The van der Waals surface area contributed by atoms with Crippen LogP contribution in [-0.2, 0) is 16.1 Å². The van der Waals surface area contributed by atoms with Gasteiger partial charge in [-0.1, -0.05) is 35.9 Å².